The summed E-state index contributed by atoms with van der Waals surface area (Å²) in [6, 6.07) is 17.0. The maximum Gasteiger partial charge on any atom is 0.446 e. The number of nitriles is 2. The topological polar surface area (TPSA) is 343 Å². The first kappa shape index (κ1) is 65.1. The average Bonchev–Trinajstić information content (AvgIpc) is 1.62. The van der Waals surface area contributed by atoms with Crippen LogP contribution in [0.2, 0.25) is 10.0 Å². The summed E-state index contributed by atoms with van der Waals surface area (Å²) in [5, 5.41) is 37.6. The van der Waals surface area contributed by atoms with Gasteiger partial charge in [0.05, 0.1) is 55.1 Å². The van der Waals surface area contributed by atoms with Crippen molar-refractivity contribution in [3.8, 4) is 12.1 Å². The number of nitrogens with one attached hydrogen (secondary N) is 3. The summed E-state index contributed by atoms with van der Waals surface area (Å²) >= 11 is 12.1. The number of alkyl halides is 3. The van der Waals surface area contributed by atoms with Crippen molar-refractivity contribution in [2.75, 3.05) is 23.6 Å². The van der Waals surface area contributed by atoms with Crippen LogP contribution >= 0.6 is 23.2 Å². The van der Waals surface area contributed by atoms with Gasteiger partial charge in [-0.3, -0.25) is 39.0 Å². The van der Waals surface area contributed by atoms with E-state index in [0.29, 0.717) is 66.0 Å². The monoisotopic (exact) mass is 1240 g/mol. The van der Waals surface area contributed by atoms with Crippen molar-refractivity contribution in [3.05, 3.63) is 151 Å². The molecule has 30 heteroatoms. The maximum absolute atomic E-state index is 13.1. The molecule has 0 fully saturated rings. The number of aldehydes is 1. The molecule has 0 spiro atoms. The molecule has 23 nitrogen and oxygen atoms in total. The Morgan fingerprint density at radius 2 is 1.11 bits per heavy atom. The normalized spacial score (nSPS) is 11.5. The van der Waals surface area contributed by atoms with Crippen LogP contribution in [-0.2, 0) is 55.4 Å². The molecule has 2 aromatic carbocycles. The van der Waals surface area contributed by atoms with Gasteiger partial charge in [-0.15, -0.1) is 0 Å². The number of nitrogens with zero attached hydrogens (tertiary/aromatic N) is 10. The molecule has 8 aromatic rings. The van der Waals surface area contributed by atoms with Gasteiger partial charge in [0.25, 0.3) is 11.8 Å². The number of nitrogen functional groups attached to an aromatic ring is 1. The number of ether oxygens (including phenoxy) is 1. The molecule has 0 aliphatic rings. The molecule has 0 aliphatic carbocycles. The summed E-state index contributed by atoms with van der Waals surface area (Å²) in [5.41, 5.74) is 11.4. The van der Waals surface area contributed by atoms with Gasteiger partial charge in [-0.1, -0.05) is 23.2 Å². The number of hydrogen-bond donors (Lipinski definition) is 4. The molecular weight excluding hydrogens is 1190 g/mol. The van der Waals surface area contributed by atoms with Gasteiger partial charge in [0.15, 0.2) is 31.1 Å². The highest BCUT2D eigenvalue weighted by Crippen LogP contribution is 2.29. The molecular formula is C55H53Cl2F3N14O9S2. The van der Waals surface area contributed by atoms with Crippen molar-refractivity contribution in [3.63, 3.8) is 0 Å². The lowest BCUT2D eigenvalue weighted by atomic mass is 10.1. The molecule has 3 amide bonds. The van der Waals surface area contributed by atoms with Crippen LogP contribution < -0.4 is 21.7 Å². The number of benzene rings is 2. The maximum atomic E-state index is 13.1. The van der Waals surface area contributed by atoms with Gasteiger partial charge >= 0.3 is 12.3 Å². The lowest BCUT2D eigenvalue weighted by Gasteiger charge is -2.20. The fraction of sp³-hybridized carbons (Fsp3) is 0.273. The predicted molar refractivity (Wildman–Crippen MR) is 308 cm³/mol. The minimum absolute atomic E-state index is 0.0361. The zero-order chi connectivity index (χ0) is 63.1. The van der Waals surface area contributed by atoms with E-state index in [-0.39, 0.29) is 58.5 Å². The molecule has 0 atom stereocenters. The second kappa shape index (κ2) is 26.2. The minimum Gasteiger partial charge on any atom is -0.444 e. The van der Waals surface area contributed by atoms with E-state index in [9.17, 15) is 54.9 Å². The Kier molecular flexibility index (Phi) is 20.1. The average molecular weight is 1250 g/mol. The number of aryl methyl sites for hydroxylation is 4. The second-order valence-electron chi connectivity index (χ2n) is 20.1. The molecule has 5 N–H and O–H groups in total. The van der Waals surface area contributed by atoms with Crippen molar-refractivity contribution in [2.45, 2.75) is 96.2 Å². The number of carbonyl (C=O) groups is 4. The van der Waals surface area contributed by atoms with Gasteiger partial charge in [-0.25, -0.2) is 31.6 Å². The van der Waals surface area contributed by atoms with Crippen LogP contribution in [0, 0.1) is 50.4 Å². The fourth-order valence-corrected chi connectivity index (χ4v) is 10.5. The molecule has 0 unspecified atom stereocenters. The number of halogens is 5. The zero-order valence-corrected chi connectivity index (χ0v) is 49.9. The van der Waals surface area contributed by atoms with Gasteiger partial charge in [0.1, 0.15) is 29.4 Å². The number of pyridine rings is 4. The fourth-order valence-electron chi connectivity index (χ4n) is 8.40. The third-order valence-electron chi connectivity index (χ3n) is 12.0. The number of rotatable bonds is 13. The van der Waals surface area contributed by atoms with Crippen LogP contribution in [0.25, 0.3) is 21.8 Å². The molecule has 8 rings (SSSR count). The van der Waals surface area contributed by atoms with E-state index in [1.165, 1.54) is 46.3 Å². The minimum atomic E-state index is -4.64. The van der Waals surface area contributed by atoms with Crippen LogP contribution in [0.15, 0.2) is 83.1 Å². The van der Waals surface area contributed by atoms with E-state index in [1.807, 2.05) is 26.0 Å². The van der Waals surface area contributed by atoms with E-state index < -0.39 is 55.6 Å². The Morgan fingerprint density at radius 3 is 1.47 bits per heavy atom. The Labute approximate surface area is 495 Å². The first-order valence-corrected chi connectivity index (χ1v) is 29.4. The third-order valence-corrected chi connectivity index (χ3v) is 14.6. The predicted octanol–water partition coefficient (Wildman–Crippen LogP) is 8.38. The van der Waals surface area contributed by atoms with Crippen LogP contribution in [-0.4, -0.2) is 105 Å². The first-order valence-electron chi connectivity index (χ1n) is 24.9. The van der Waals surface area contributed by atoms with Crippen molar-refractivity contribution in [2.24, 2.45) is 0 Å². The summed E-state index contributed by atoms with van der Waals surface area (Å²) in [6.45, 7) is 13.1. The number of nitrogens with two attached hydrogens (primary N) is 1. The molecule has 0 aliphatic heterocycles. The molecule has 0 saturated carbocycles. The highest BCUT2D eigenvalue weighted by Gasteiger charge is 2.26. The Balaban J connectivity index is 0.000000251. The first-order chi connectivity index (χ1) is 39.6. The molecule has 85 heavy (non-hydrogen) atoms. The largest absolute Gasteiger partial charge is 0.446 e. The number of hydrogen-bond acceptors (Lipinski definition) is 18. The summed E-state index contributed by atoms with van der Waals surface area (Å²) in [5.74, 6) is -0.277. The van der Waals surface area contributed by atoms with Gasteiger partial charge < -0.3 is 21.1 Å². The number of anilines is 2. The Bertz CT molecular complexity index is 4240. The van der Waals surface area contributed by atoms with Gasteiger partial charge in [-0.2, -0.15) is 33.9 Å². The summed E-state index contributed by atoms with van der Waals surface area (Å²) in [6.07, 6.45) is 1.52. The number of aromatic nitrogens is 8. The lowest BCUT2D eigenvalue weighted by Crippen LogP contribution is -2.28. The van der Waals surface area contributed by atoms with Gasteiger partial charge in [0.2, 0.25) is 6.29 Å². The number of amides is 3. The van der Waals surface area contributed by atoms with E-state index in [2.05, 4.69) is 46.1 Å². The van der Waals surface area contributed by atoms with E-state index in [0.717, 1.165) is 34.8 Å². The van der Waals surface area contributed by atoms with Crippen molar-refractivity contribution < 1.29 is 53.9 Å². The highest BCUT2D eigenvalue weighted by molar-refractivity contribution is 7.91. The Hall–Kier alpha value is -9.09. The third kappa shape index (κ3) is 17.5. The van der Waals surface area contributed by atoms with Crippen molar-refractivity contribution >= 4 is 101 Å². The van der Waals surface area contributed by atoms with Crippen molar-refractivity contribution in [1.29, 1.82) is 10.5 Å². The SMILES string of the molecule is Cc1cc(N)nc(C)c1CNC(=O)c1cn(Cc2cc(S(C)(=O)=O)c3ncc(Cl)cc3c2)nc1C#N.Cc1cc(NC(=O)OC(C)(C)C)nc(C)c1CNC(=O)c1cn(Cc2cc(S(C)(=O)=O)c3ncc(Cl)cc3c2)nc1C#N.O=CC(F)(F)F. The quantitative estimate of drug-likeness (QED) is 0.0787. The standard InChI is InChI=1S/C29H30ClN7O5S.C24H22ClN7O3S.C2HF3O/c1-16-7-25(35-28(39)42-29(3,4)5)34-17(2)21(16)13-33-27(38)22-15-37(36-23(22)11-31)14-18-8-19-10-20(30)12-32-26(19)24(9-18)43(6,40)41;1-13-4-22(27)30-14(2)18(13)10-29-24(33)19-12-32(31-20(19)8-26)11-15-5-16-7-17(25)9-28-23(16)21(6-15)36(3,34)35;3-2(4,5)1-6/h7-10,12,15H,13-14H2,1-6H3,(H,33,38)(H,34,35,39);4-7,9,12H,10-11H2,1-3H3,(H2,27,30)(H,29,33);1H. The highest BCUT2D eigenvalue weighted by atomic mass is 35.5. The molecule has 0 saturated heterocycles. The molecule has 6 aromatic heterocycles. The molecule has 0 radical (unpaired) electrons. The van der Waals surface area contributed by atoms with E-state index in [4.69, 9.17) is 38.5 Å². The molecule has 0 bridgehead atoms. The molecule has 444 valence electrons. The van der Waals surface area contributed by atoms with Crippen LogP contribution in [0.3, 0.4) is 0 Å². The number of carbonyl (C=O) groups excluding carboxylic acids is 4. The Morgan fingerprint density at radius 1 is 0.694 bits per heavy atom. The summed E-state index contributed by atoms with van der Waals surface area (Å²) in [7, 11) is -7.21. The second-order valence-corrected chi connectivity index (χ2v) is 24.9. The molecule has 6 heterocycles. The van der Waals surface area contributed by atoms with Gasteiger partial charge in [-0.05, 0) is 130 Å². The van der Waals surface area contributed by atoms with Crippen LogP contribution in [0.1, 0.15) is 97.6 Å². The summed E-state index contributed by atoms with van der Waals surface area (Å²) < 4.78 is 89.0. The van der Waals surface area contributed by atoms with Gasteiger partial charge in [0, 0.05) is 72.5 Å². The van der Waals surface area contributed by atoms with Crippen molar-refractivity contribution in [1.82, 2.24) is 50.1 Å². The number of fused-ring (bicyclic) bond motifs is 2. The van der Waals surface area contributed by atoms with Crippen LogP contribution in [0.4, 0.5) is 29.6 Å². The summed E-state index contributed by atoms with van der Waals surface area (Å²) in [4.78, 5) is 63.9. The lowest BCUT2D eigenvalue weighted by molar-refractivity contribution is -0.156. The number of sulfone groups is 2. The smallest absolute Gasteiger partial charge is 0.444 e. The van der Waals surface area contributed by atoms with E-state index >= 15 is 0 Å². The van der Waals surface area contributed by atoms with Crippen LogP contribution in [0.5, 0.6) is 0 Å². The zero-order valence-electron chi connectivity index (χ0n) is 46.8. The van der Waals surface area contributed by atoms with E-state index in [1.54, 1.807) is 71.0 Å².